The van der Waals surface area contributed by atoms with Gasteiger partial charge in [0.25, 0.3) is 5.78 Å². The third-order valence-corrected chi connectivity index (χ3v) is 5.89. The van der Waals surface area contributed by atoms with E-state index in [1.165, 1.54) is 22.9 Å². The van der Waals surface area contributed by atoms with E-state index in [9.17, 15) is 4.79 Å². The van der Waals surface area contributed by atoms with Crippen molar-refractivity contribution in [3.8, 4) is 0 Å². The zero-order chi connectivity index (χ0) is 19.0. The number of amides is 1. The van der Waals surface area contributed by atoms with Gasteiger partial charge < -0.3 is 5.32 Å². The summed E-state index contributed by atoms with van der Waals surface area (Å²) in [4.78, 5) is 21.6. The average Bonchev–Trinajstić information content (AvgIpc) is 3.04. The molecule has 4 rings (SSSR count). The summed E-state index contributed by atoms with van der Waals surface area (Å²) in [5, 5.41) is 7.99. The van der Waals surface area contributed by atoms with E-state index in [1.807, 2.05) is 32.9 Å². The lowest BCUT2D eigenvalue weighted by molar-refractivity contribution is -0.121. The van der Waals surface area contributed by atoms with Crippen LogP contribution >= 0.6 is 11.8 Å². The van der Waals surface area contributed by atoms with Gasteiger partial charge in [0.2, 0.25) is 11.1 Å². The molecular formula is C20H23N5OS. The molecule has 1 amide bonds. The number of aryl methyl sites for hydroxylation is 3. The quantitative estimate of drug-likeness (QED) is 0.701. The Labute approximate surface area is 162 Å². The smallest absolute Gasteiger partial charge is 0.253 e. The second-order valence-electron chi connectivity index (χ2n) is 7.06. The number of carbonyl (C=O) groups excluding carboxylic acids is 1. The predicted molar refractivity (Wildman–Crippen MR) is 106 cm³/mol. The number of carbonyl (C=O) groups is 1. The van der Waals surface area contributed by atoms with Crippen LogP contribution in [0.5, 0.6) is 0 Å². The van der Waals surface area contributed by atoms with E-state index in [1.54, 1.807) is 4.52 Å². The van der Waals surface area contributed by atoms with Crippen molar-refractivity contribution in [1.82, 2.24) is 24.9 Å². The van der Waals surface area contributed by atoms with Gasteiger partial charge in [-0.25, -0.2) is 9.50 Å². The number of hydrogen-bond donors (Lipinski definition) is 1. The second kappa shape index (κ2) is 7.31. The number of thioether (sulfide) groups is 1. The SMILES string of the molecule is Cc1cc(C)n2nc(S[C@H](C)C(=O)N[C@H]3CCCc4ccccc43)nc2n1. The van der Waals surface area contributed by atoms with Crippen LogP contribution in [-0.2, 0) is 11.2 Å². The molecule has 140 valence electrons. The minimum atomic E-state index is -0.280. The van der Waals surface area contributed by atoms with E-state index >= 15 is 0 Å². The molecule has 0 bridgehead atoms. The zero-order valence-electron chi connectivity index (χ0n) is 15.8. The van der Waals surface area contributed by atoms with E-state index in [-0.39, 0.29) is 17.2 Å². The Morgan fingerprint density at radius 1 is 1.30 bits per heavy atom. The first-order valence-electron chi connectivity index (χ1n) is 9.27. The molecule has 1 aliphatic rings. The van der Waals surface area contributed by atoms with Crippen LogP contribution in [0.1, 0.15) is 48.3 Å². The van der Waals surface area contributed by atoms with Gasteiger partial charge in [-0.1, -0.05) is 36.0 Å². The molecule has 2 heterocycles. The van der Waals surface area contributed by atoms with Crippen molar-refractivity contribution in [3.05, 3.63) is 52.8 Å². The Hall–Kier alpha value is -2.41. The number of rotatable bonds is 4. The van der Waals surface area contributed by atoms with E-state index in [0.717, 1.165) is 30.7 Å². The highest BCUT2D eigenvalue weighted by Gasteiger charge is 2.25. The van der Waals surface area contributed by atoms with Gasteiger partial charge in [-0.15, -0.1) is 5.10 Å². The van der Waals surface area contributed by atoms with Gasteiger partial charge in [-0.3, -0.25) is 4.79 Å². The first-order valence-corrected chi connectivity index (χ1v) is 10.1. The van der Waals surface area contributed by atoms with E-state index in [0.29, 0.717) is 10.9 Å². The fourth-order valence-corrected chi connectivity index (χ4v) is 4.36. The molecule has 6 nitrogen and oxygen atoms in total. The summed E-state index contributed by atoms with van der Waals surface area (Å²) in [6.45, 7) is 5.81. The monoisotopic (exact) mass is 381 g/mol. The molecule has 0 aliphatic heterocycles. The summed E-state index contributed by atoms with van der Waals surface area (Å²) < 4.78 is 1.72. The maximum absolute atomic E-state index is 12.8. The second-order valence-corrected chi connectivity index (χ2v) is 8.37. The molecule has 7 heteroatoms. The van der Waals surface area contributed by atoms with Gasteiger partial charge in [0.1, 0.15) is 0 Å². The van der Waals surface area contributed by atoms with Gasteiger partial charge in [-0.05, 0) is 57.2 Å². The van der Waals surface area contributed by atoms with Crippen molar-refractivity contribution in [3.63, 3.8) is 0 Å². The molecular weight excluding hydrogens is 358 g/mol. The minimum Gasteiger partial charge on any atom is -0.348 e. The lowest BCUT2D eigenvalue weighted by atomic mass is 9.88. The highest BCUT2D eigenvalue weighted by molar-refractivity contribution is 8.00. The normalized spacial score (nSPS) is 17.5. The van der Waals surface area contributed by atoms with Gasteiger partial charge >= 0.3 is 0 Å². The summed E-state index contributed by atoms with van der Waals surface area (Å²) in [6, 6.07) is 10.4. The van der Waals surface area contributed by atoms with Crippen LogP contribution in [0.25, 0.3) is 5.78 Å². The van der Waals surface area contributed by atoms with Crippen LogP contribution < -0.4 is 5.32 Å². The highest BCUT2D eigenvalue weighted by Crippen LogP contribution is 2.30. The van der Waals surface area contributed by atoms with Crippen LogP contribution in [0.15, 0.2) is 35.5 Å². The Bertz CT molecular complexity index is 999. The topological polar surface area (TPSA) is 72.2 Å². The van der Waals surface area contributed by atoms with Crippen LogP contribution in [0.4, 0.5) is 0 Å². The maximum atomic E-state index is 12.8. The van der Waals surface area contributed by atoms with E-state index in [2.05, 4.69) is 38.6 Å². The molecule has 0 radical (unpaired) electrons. The van der Waals surface area contributed by atoms with Crippen LogP contribution in [-0.4, -0.2) is 30.7 Å². The van der Waals surface area contributed by atoms with E-state index < -0.39 is 0 Å². The van der Waals surface area contributed by atoms with Crippen molar-refractivity contribution < 1.29 is 4.79 Å². The van der Waals surface area contributed by atoms with Crippen molar-refractivity contribution in [2.24, 2.45) is 0 Å². The van der Waals surface area contributed by atoms with Crippen molar-refractivity contribution >= 4 is 23.4 Å². The molecule has 1 N–H and O–H groups in total. The number of nitrogens with one attached hydrogen (secondary N) is 1. The van der Waals surface area contributed by atoms with Gasteiger partial charge in [0.15, 0.2) is 0 Å². The van der Waals surface area contributed by atoms with Crippen LogP contribution in [0, 0.1) is 13.8 Å². The van der Waals surface area contributed by atoms with Crippen LogP contribution in [0.3, 0.4) is 0 Å². The molecule has 2 aromatic heterocycles. The van der Waals surface area contributed by atoms with Gasteiger partial charge in [0.05, 0.1) is 11.3 Å². The number of hydrogen-bond acceptors (Lipinski definition) is 5. The standard InChI is InChI=1S/C20H23N5OS/c1-12-11-13(2)25-19(21-12)23-20(24-25)27-14(3)18(26)22-17-10-6-8-15-7-4-5-9-16(15)17/h4-5,7,9,11,14,17H,6,8,10H2,1-3H3,(H,22,26)/t14-,17+/m1/s1. The van der Waals surface area contributed by atoms with Crippen molar-refractivity contribution in [2.45, 2.75) is 56.5 Å². The largest absolute Gasteiger partial charge is 0.348 e. The fraction of sp³-hybridized carbons (Fsp3) is 0.400. The number of benzene rings is 1. The van der Waals surface area contributed by atoms with E-state index in [4.69, 9.17) is 0 Å². The van der Waals surface area contributed by atoms with Crippen molar-refractivity contribution in [2.75, 3.05) is 0 Å². The summed E-state index contributed by atoms with van der Waals surface area (Å²) in [5.41, 5.74) is 4.47. The molecule has 3 aromatic rings. The molecule has 0 unspecified atom stereocenters. The summed E-state index contributed by atoms with van der Waals surface area (Å²) in [5.74, 6) is 0.588. The van der Waals surface area contributed by atoms with Crippen molar-refractivity contribution in [1.29, 1.82) is 0 Å². The third-order valence-electron chi connectivity index (χ3n) is 4.94. The molecule has 27 heavy (non-hydrogen) atoms. The van der Waals surface area contributed by atoms with Gasteiger partial charge in [-0.2, -0.15) is 4.98 Å². The third kappa shape index (κ3) is 3.69. The van der Waals surface area contributed by atoms with Crippen LogP contribution in [0.2, 0.25) is 0 Å². The summed E-state index contributed by atoms with van der Waals surface area (Å²) >= 11 is 1.37. The lowest BCUT2D eigenvalue weighted by Crippen LogP contribution is -2.35. The highest BCUT2D eigenvalue weighted by atomic mass is 32.2. The Balaban J connectivity index is 1.47. The Kier molecular flexibility index (Phi) is 4.86. The molecule has 1 aromatic carbocycles. The average molecular weight is 382 g/mol. The number of aromatic nitrogens is 4. The predicted octanol–water partition coefficient (Wildman–Crippen LogP) is 3.42. The lowest BCUT2D eigenvalue weighted by Gasteiger charge is -2.27. The van der Waals surface area contributed by atoms with Gasteiger partial charge in [0, 0.05) is 11.4 Å². The molecule has 0 saturated heterocycles. The fourth-order valence-electron chi connectivity index (χ4n) is 3.60. The number of fused-ring (bicyclic) bond motifs is 2. The molecule has 0 fully saturated rings. The first kappa shape index (κ1) is 18.0. The molecule has 0 saturated carbocycles. The Morgan fingerprint density at radius 2 is 2.11 bits per heavy atom. The maximum Gasteiger partial charge on any atom is 0.253 e. The molecule has 1 aliphatic carbocycles. The zero-order valence-corrected chi connectivity index (χ0v) is 16.6. The molecule has 0 spiro atoms. The molecule has 2 atom stereocenters. The Morgan fingerprint density at radius 3 is 2.96 bits per heavy atom. The summed E-state index contributed by atoms with van der Waals surface area (Å²) in [7, 11) is 0. The first-order chi connectivity index (χ1) is 13.0. The number of nitrogens with zero attached hydrogens (tertiary/aromatic N) is 4. The summed E-state index contributed by atoms with van der Waals surface area (Å²) in [6.07, 6.45) is 3.17. The minimum absolute atomic E-state index is 0.0152.